The first-order valence-electron chi connectivity index (χ1n) is 16.3. The lowest BCUT2D eigenvalue weighted by Gasteiger charge is -2.11. The molecule has 0 bridgehead atoms. The highest BCUT2D eigenvalue weighted by Crippen LogP contribution is 2.27. The smallest absolute Gasteiger partial charge is 0.345 e. The predicted molar refractivity (Wildman–Crippen MR) is 171 cm³/mol. The van der Waals surface area contributed by atoms with Gasteiger partial charge in [-0.2, -0.15) is 4.98 Å². The highest BCUT2D eigenvalue weighted by Gasteiger charge is 2.14. The fraction of sp³-hybridized carbons (Fsp3) is 0.583. The third kappa shape index (κ3) is 10.6. The molecule has 0 N–H and O–H groups in total. The van der Waals surface area contributed by atoms with Crippen LogP contribution in [-0.2, 0) is 22.4 Å². The van der Waals surface area contributed by atoms with Gasteiger partial charge >= 0.3 is 11.6 Å². The molecule has 0 spiro atoms. The summed E-state index contributed by atoms with van der Waals surface area (Å²) in [6.45, 7) is 9.39. The van der Waals surface area contributed by atoms with Gasteiger partial charge in [-0.3, -0.25) is 4.79 Å². The number of carbonyl (C=O) groups excluding carboxylic acids is 1. The average Bonchev–Trinajstić information content (AvgIpc) is 3.00. The highest BCUT2D eigenvalue weighted by atomic mass is 16.5. The van der Waals surface area contributed by atoms with Crippen LogP contribution in [0.25, 0.3) is 22.2 Å². The minimum atomic E-state index is -0.368. The molecule has 0 amide bonds. The van der Waals surface area contributed by atoms with Gasteiger partial charge in [-0.1, -0.05) is 97.3 Å². The number of esters is 1. The van der Waals surface area contributed by atoms with Crippen LogP contribution in [0.4, 0.5) is 0 Å². The number of pyridine rings is 1. The van der Waals surface area contributed by atoms with Crippen molar-refractivity contribution in [1.82, 2.24) is 4.98 Å². The lowest BCUT2D eigenvalue weighted by Crippen LogP contribution is -2.14. The molecule has 2 heterocycles. The zero-order chi connectivity index (χ0) is 30.2. The number of ether oxygens (including phenoxy) is 2. The molecule has 0 aliphatic carbocycles. The SMILES string of the molecule is CCCCCc1ccc(-c2cc3ccc(OCCCCCCCCCCOC(=O)C(C)CC)nc3oc2=O)c(CC)c1. The van der Waals surface area contributed by atoms with Gasteiger partial charge in [0.05, 0.1) is 24.7 Å². The molecule has 0 radical (unpaired) electrons. The average molecular weight is 578 g/mol. The third-order valence-electron chi connectivity index (χ3n) is 8.03. The maximum Gasteiger partial charge on any atom is 0.345 e. The molecular formula is C36H51NO5. The van der Waals surface area contributed by atoms with E-state index in [1.807, 2.05) is 32.0 Å². The minimum absolute atomic E-state index is 0.00252. The molecule has 2 aromatic heterocycles. The second-order valence-electron chi connectivity index (χ2n) is 11.4. The van der Waals surface area contributed by atoms with Crippen LogP contribution < -0.4 is 10.4 Å². The van der Waals surface area contributed by atoms with Gasteiger partial charge in [-0.05, 0) is 67.3 Å². The Morgan fingerprint density at radius 2 is 1.55 bits per heavy atom. The van der Waals surface area contributed by atoms with Crippen molar-refractivity contribution in [2.75, 3.05) is 13.2 Å². The number of unbranched alkanes of at least 4 members (excludes halogenated alkanes) is 9. The first kappa shape index (κ1) is 33.4. The standard InChI is InChI=1S/C36H51NO5/c1-5-8-15-18-28-19-21-31(29(7-3)25-28)32-26-30-20-22-33(37-34(30)42-36(32)39)40-23-16-13-11-9-10-12-14-17-24-41-35(38)27(4)6-2/h19-22,25-27H,5-18,23-24H2,1-4H3. The van der Waals surface area contributed by atoms with E-state index in [1.54, 1.807) is 0 Å². The number of hydrogen-bond acceptors (Lipinski definition) is 6. The summed E-state index contributed by atoms with van der Waals surface area (Å²) >= 11 is 0. The Morgan fingerprint density at radius 3 is 2.24 bits per heavy atom. The molecule has 3 rings (SSSR count). The number of nitrogens with zero attached hydrogens (tertiary/aromatic N) is 1. The number of hydrogen-bond donors (Lipinski definition) is 0. The topological polar surface area (TPSA) is 78.6 Å². The van der Waals surface area contributed by atoms with Crippen molar-refractivity contribution in [3.63, 3.8) is 0 Å². The number of benzene rings is 1. The van der Waals surface area contributed by atoms with Gasteiger partial charge in [-0.15, -0.1) is 0 Å². The Morgan fingerprint density at radius 1 is 0.833 bits per heavy atom. The van der Waals surface area contributed by atoms with E-state index in [-0.39, 0.29) is 17.5 Å². The molecule has 1 unspecified atom stereocenters. The van der Waals surface area contributed by atoms with Crippen molar-refractivity contribution < 1.29 is 18.7 Å². The van der Waals surface area contributed by atoms with Crippen molar-refractivity contribution in [3.05, 3.63) is 57.9 Å². The second kappa shape index (κ2) is 18.4. The first-order chi connectivity index (χ1) is 20.5. The van der Waals surface area contributed by atoms with Crippen molar-refractivity contribution in [3.8, 4) is 17.0 Å². The van der Waals surface area contributed by atoms with E-state index in [4.69, 9.17) is 13.9 Å². The normalized spacial score (nSPS) is 12.0. The quantitative estimate of drug-likeness (QED) is 0.0984. The Hall–Kier alpha value is -3.15. The van der Waals surface area contributed by atoms with Crippen molar-refractivity contribution in [2.24, 2.45) is 5.92 Å². The molecule has 0 fully saturated rings. The fourth-order valence-electron chi connectivity index (χ4n) is 5.11. The number of aryl methyl sites for hydroxylation is 2. The zero-order valence-electron chi connectivity index (χ0n) is 26.3. The van der Waals surface area contributed by atoms with Gasteiger partial charge in [0.25, 0.3) is 0 Å². The van der Waals surface area contributed by atoms with Crippen LogP contribution in [0.5, 0.6) is 5.88 Å². The van der Waals surface area contributed by atoms with Gasteiger partial charge in [-0.25, -0.2) is 4.79 Å². The molecule has 1 aromatic carbocycles. The van der Waals surface area contributed by atoms with Crippen LogP contribution in [0, 0.1) is 5.92 Å². The maximum absolute atomic E-state index is 13.0. The number of carbonyl (C=O) groups is 1. The van der Waals surface area contributed by atoms with Crippen LogP contribution in [0.15, 0.2) is 45.6 Å². The number of fused-ring (bicyclic) bond motifs is 1. The molecule has 3 aromatic rings. The van der Waals surface area contributed by atoms with Gasteiger partial charge < -0.3 is 13.9 Å². The molecular weight excluding hydrogens is 526 g/mol. The fourth-order valence-corrected chi connectivity index (χ4v) is 5.11. The molecule has 1 atom stereocenters. The van der Waals surface area contributed by atoms with Crippen LogP contribution in [0.1, 0.15) is 116 Å². The molecule has 0 aliphatic heterocycles. The Labute approximate surface area is 252 Å². The molecule has 0 aliphatic rings. The van der Waals surface area contributed by atoms with E-state index in [1.165, 1.54) is 56.1 Å². The van der Waals surface area contributed by atoms with Crippen molar-refractivity contribution >= 4 is 17.1 Å². The van der Waals surface area contributed by atoms with Crippen LogP contribution in [0.2, 0.25) is 0 Å². The molecule has 6 heteroatoms. The summed E-state index contributed by atoms with van der Waals surface area (Å²) in [5.74, 6) is 0.415. The molecule has 6 nitrogen and oxygen atoms in total. The van der Waals surface area contributed by atoms with E-state index in [2.05, 4.69) is 37.0 Å². The van der Waals surface area contributed by atoms with Crippen LogP contribution >= 0.6 is 0 Å². The summed E-state index contributed by atoms with van der Waals surface area (Å²) < 4.78 is 16.8. The second-order valence-corrected chi connectivity index (χ2v) is 11.4. The zero-order valence-corrected chi connectivity index (χ0v) is 26.3. The van der Waals surface area contributed by atoms with Crippen molar-refractivity contribution in [2.45, 2.75) is 118 Å². The number of rotatable bonds is 20. The number of aromatic nitrogens is 1. The van der Waals surface area contributed by atoms with Gasteiger partial charge in [0.15, 0.2) is 0 Å². The van der Waals surface area contributed by atoms with E-state index in [9.17, 15) is 9.59 Å². The monoisotopic (exact) mass is 577 g/mol. The molecule has 42 heavy (non-hydrogen) atoms. The van der Waals surface area contributed by atoms with E-state index in [0.717, 1.165) is 55.9 Å². The van der Waals surface area contributed by atoms with Gasteiger partial charge in [0, 0.05) is 11.5 Å². The largest absolute Gasteiger partial charge is 0.478 e. The maximum atomic E-state index is 13.0. The van der Waals surface area contributed by atoms with Gasteiger partial charge in [0.1, 0.15) is 0 Å². The van der Waals surface area contributed by atoms with Crippen molar-refractivity contribution in [1.29, 1.82) is 0 Å². The summed E-state index contributed by atoms with van der Waals surface area (Å²) in [6, 6.07) is 12.1. The summed E-state index contributed by atoms with van der Waals surface area (Å²) in [5, 5.41) is 0.791. The van der Waals surface area contributed by atoms with Gasteiger partial charge in [0.2, 0.25) is 11.6 Å². The lowest BCUT2D eigenvalue weighted by molar-refractivity contribution is -0.148. The predicted octanol–water partition coefficient (Wildman–Crippen LogP) is 9.24. The summed E-state index contributed by atoms with van der Waals surface area (Å²) in [7, 11) is 0. The van der Waals surface area contributed by atoms with Crippen LogP contribution in [-0.4, -0.2) is 24.2 Å². The van der Waals surface area contributed by atoms with E-state index < -0.39 is 0 Å². The molecule has 0 saturated heterocycles. The molecule has 230 valence electrons. The Kier molecular flexibility index (Phi) is 14.6. The minimum Gasteiger partial charge on any atom is -0.478 e. The third-order valence-corrected chi connectivity index (χ3v) is 8.03. The Bertz CT molecular complexity index is 1300. The molecule has 0 saturated carbocycles. The summed E-state index contributed by atoms with van der Waals surface area (Å²) in [4.78, 5) is 29.1. The summed E-state index contributed by atoms with van der Waals surface area (Å²) in [6.07, 6.45) is 15.3. The van der Waals surface area contributed by atoms with Crippen LogP contribution in [0.3, 0.4) is 0 Å². The highest BCUT2D eigenvalue weighted by molar-refractivity contribution is 5.80. The Balaban J connectivity index is 1.40. The lowest BCUT2D eigenvalue weighted by atomic mass is 9.95. The van der Waals surface area contributed by atoms with E-state index in [0.29, 0.717) is 30.4 Å². The van der Waals surface area contributed by atoms with E-state index >= 15 is 0 Å². The summed E-state index contributed by atoms with van der Waals surface area (Å²) in [5.41, 5.74) is 3.96. The first-order valence-corrected chi connectivity index (χ1v) is 16.3.